The van der Waals surface area contributed by atoms with Gasteiger partial charge in [0.15, 0.2) is 0 Å². The fourth-order valence-electron chi connectivity index (χ4n) is 1.18. The lowest BCUT2D eigenvalue weighted by atomic mass is 10.3. The van der Waals surface area contributed by atoms with Gasteiger partial charge in [-0.15, -0.1) is 11.8 Å². The molecule has 0 amide bonds. The van der Waals surface area contributed by atoms with Gasteiger partial charge in [0.25, 0.3) is 0 Å². The van der Waals surface area contributed by atoms with E-state index in [1.54, 1.807) is 24.2 Å². The molecule has 0 atom stereocenters. The largest absolute Gasteiger partial charge is 0.324 e. The lowest BCUT2D eigenvalue weighted by molar-refractivity contribution is 1.15. The summed E-state index contributed by atoms with van der Waals surface area (Å²) in [4.78, 5) is 9.52. The molecule has 0 aliphatic rings. The molecule has 0 spiro atoms. The number of anilines is 2. The molecule has 1 aromatic carbocycles. The number of halogens is 1. The van der Waals surface area contributed by atoms with Crippen molar-refractivity contribution >= 4 is 39.3 Å². The summed E-state index contributed by atoms with van der Waals surface area (Å²) in [5.41, 5.74) is 0.986. The van der Waals surface area contributed by atoms with E-state index in [2.05, 4.69) is 49.6 Å². The van der Waals surface area contributed by atoms with E-state index in [-0.39, 0.29) is 0 Å². The van der Waals surface area contributed by atoms with E-state index in [1.807, 2.05) is 12.1 Å². The summed E-state index contributed by atoms with van der Waals surface area (Å²) < 4.78 is 0.871. The predicted octanol–water partition coefficient (Wildman–Crippen LogP) is 3.70. The highest BCUT2D eigenvalue weighted by Crippen LogP contribution is 2.19. The number of nitrogens with zero attached hydrogens (tertiary/aromatic N) is 2. The van der Waals surface area contributed by atoms with Crippen molar-refractivity contribution in [3.63, 3.8) is 0 Å². The first-order valence-corrected chi connectivity index (χ1v) is 6.68. The summed E-state index contributed by atoms with van der Waals surface area (Å²) in [5, 5.41) is 3.13. The van der Waals surface area contributed by atoms with E-state index < -0.39 is 0 Å². The number of hydrogen-bond donors (Lipinski definition) is 1. The van der Waals surface area contributed by atoms with Crippen LogP contribution >= 0.6 is 27.7 Å². The smallest absolute Gasteiger partial charge is 0.227 e. The van der Waals surface area contributed by atoms with Gasteiger partial charge in [0.05, 0.1) is 4.47 Å². The fraction of sp³-hybridized carbons (Fsp3) is 0.0909. The minimum Gasteiger partial charge on any atom is -0.324 e. The SMILES string of the molecule is CSc1ccc(Nc2ncc(Br)cn2)cc1. The van der Waals surface area contributed by atoms with Gasteiger partial charge in [-0.2, -0.15) is 0 Å². The molecule has 0 unspecified atom stereocenters. The second kappa shape index (κ2) is 5.32. The Morgan fingerprint density at radius 3 is 2.31 bits per heavy atom. The zero-order valence-corrected chi connectivity index (χ0v) is 11.0. The van der Waals surface area contributed by atoms with Crippen LogP contribution in [0.15, 0.2) is 46.0 Å². The van der Waals surface area contributed by atoms with Gasteiger partial charge in [-0.05, 0) is 46.5 Å². The predicted molar refractivity (Wildman–Crippen MR) is 71.2 cm³/mol. The van der Waals surface area contributed by atoms with E-state index in [4.69, 9.17) is 0 Å². The van der Waals surface area contributed by atoms with Crippen molar-refractivity contribution in [1.82, 2.24) is 9.97 Å². The summed E-state index contributed by atoms with van der Waals surface area (Å²) in [6, 6.07) is 8.15. The molecule has 82 valence electrons. The van der Waals surface area contributed by atoms with Crippen LogP contribution in [-0.4, -0.2) is 16.2 Å². The van der Waals surface area contributed by atoms with Crippen molar-refractivity contribution in [3.8, 4) is 0 Å². The highest BCUT2D eigenvalue weighted by atomic mass is 79.9. The molecule has 0 radical (unpaired) electrons. The maximum Gasteiger partial charge on any atom is 0.227 e. The molecule has 3 nitrogen and oxygen atoms in total. The van der Waals surface area contributed by atoms with Crippen molar-refractivity contribution in [1.29, 1.82) is 0 Å². The second-order valence-electron chi connectivity index (χ2n) is 3.08. The summed E-state index contributed by atoms with van der Waals surface area (Å²) >= 11 is 5.01. The third kappa shape index (κ3) is 2.96. The first-order chi connectivity index (χ1) is 7.78. The van der Waals surface area contributed by atoms with Crippen LogP contribution in [0.4, 0.5) is 11.6 Å². The molecule has 2 aromatic rings. The Bertz CT molecular complexity index is 456. The van der Waals surface area contributed by atoms with E-state index in [9.17, 15) is 0 Å². The zero-order valence-electron chi connectivity index (χ0n) is 8.64. The van der Waals surface area contributed by atoms with Crippen LogP contribution in [0.5, 0.6) is 0 Å². The number of rotatable bonds is 3. The standard InChI is InChI=1S/C11H10BrN3S/c1-16-10-4-2-9(3-5-10)15-11-13-6-8(12)7-14-11/h2-7H,1H3,(H,13,14,15). The van der Waals surface area contributed by atoms with Crippen LogP contribution in [0, 0.1) is 0 Å². The quantitative estimate of drug-likeness (QED) is 0.876. The van der Waals surface area contributed by atoms with Crippen LogP contribution in [-0.2, 0) is 0 Å². The monoisotopic (exact) mass is 295 g/mol. The van der Waals surface area contributed by atoms with Crippen molar-refractivity contribution in [2.24, 2.45) is 0 Å². The fourth-order valence-corrected chi connectivity index (χ4v) is 1.79. The summed E-state index contributed by atoms with van der Waals surface area (Å²) in [6.07, 6.45) is 5.48. The second-order valence-corrected chi connectivity index (χ2v) is 4.87. The summed E-state index contributed by atoms with van der Waals surface area (Å²) in [7, 11) is 0. The highest BCUT2D eigenvalue weighted by Gasteiger charge is 1.97. The maximum atomic E-state index is 4.14. The summed E-state index contributed by atoms with van der Waals surface area (Å²) in [6.45, 7) is 0. The molecule has 5 heteroatoms. The Labute approximate surface area is 107 Å². The molecule has 0 saturated carbocycles. The molecule has 0 bridgehead atoms. The van der Waals surface area contributed by atoms with E-state index in [0.717, 1.165) is 10.2 Å². The van der Waals surface area contributed by atoms with Crippen molar-refractivity contribution in [3.05, 3.63) is 41.1 Å². The third-order valence-corrected chi connectivity index (χ3v) is 3.12. The lowest BCUT2D eigenvalue weighted by Gasteiger charge is -2.04. The minimum atomic E-state index is 0.597. The van der Waals surface area contributed by atoms with Crippen LogP contribution in [0.3, 0.4) is 0 Å². The van der Waals surface area contributed by atoms with Gasteiger partial charge in [-0.25, -0.2) is 9.97 Å². The maximum absolute atomic E-state index is 4.14. The third-order valence-electron chi connectivity index (χ3n) is 1.97. The molecule has 2 rings (SSSR count). The van der Waals surface area contributed by atoms with Crippen molar-refractivity contribution in [2.75, 3.05) is 11.6 Å². The van der Waals surface area contributed by atoms with Crippen LogP contribution in [0.1, 0.15) is 0 Å². The molecule has 0 fully saturated rings. The van der Waals surface area contributed by atoms with Crippen molar-refractivity contribution < 1.29 is 0 Å². The van der Waals surface area contributed by atoms with Gasteiger partial charge in [-0.3, -0.25) is 0 Å². The van der Waals surface area contributed by atoms with Gasteiger partial charge < -0.3 is 5.32 Å². The highest BCUT2D eigenvalue weighted by molar-refractivity contribution is 9.10. The molecule has 0 aliphatic carbocycles. The van der Waals surface area contributed by atoms with Gasteiger partial charge in [0.2, 0.25) is 5.95 Å². The number of aromatic nitrogens is 2. The Kier molecular flexibility index (Phi) is 3.79. The van der Waals surface area contributed by atoms with Gasteiger partial charge in [0.1, 0.15) is 0 Å². The minimum absolute atomic E-state index is 0.597. The van der Waals surface area contributed by atoms with Gasteiger partial charge in [-0.1, -0.05) is 0 Å². The van der Waals surface area contributed by atoms with Crippen LogP contribution in [0.25, 0.3) is 0 Å². The molecule has 0 aliphatic heterocycles. The lowest BCUT2D eigenvalue weighted by Crippen LogP contribution is -1.95. The van der Waals surface area contributed by atoms with Gasteiger partial charge >= 0.3 is 0 Å². The number of hydrogen-bond acceptors (Lipinski definition) is 4. The zero-order chi connectivity index (χ0) is 11.4. The average molecular weight is 296 g/mol. The molecule has 1 heterocycles. The molecule has 16 heavy (non-hydrogen) atoms. The topological polar surface area (TPSA) is 37.8 Å². The molecule has 0 saturated heterocycles. The number of nitrogens with one attached hydrogen (secondary N) is 1. The average Bonchev–Trinajstić information content (AvgIpc) is 2.33. The first-order valence-electron chi connectivity index (χ1n) is 4.66. The Morgan fingerprint density at radius 2 is 1.75 bits per heavy atom. The first kappa shape index (κ1) is 11.4. The number of benzene rings is 1. The molecular formula is C11H10BrN3S. The molecular weight excluding hydrogens is 286 g/mol. The van der Waals surface area contributed by atoms with Crippen LogP contribution in [0.2, 0.25) is 0 Å². The normalized spacial score (nSPS) is 10.1. The molecule has 1 aromatic heterocycles. The molecule has 1 N–H and O–H groups in total. The summed E-state index contributed by atoms with van der Waals surface area (Å²) in [5.74, 6) is 0.597. The van der Waals surface area contributed by atoms with Crippen LogP contribution < -0.4 is 5.32 Å². The Hall–Kier alpha value is -1.07. The Balaban J connectivity index is 2.11. The van der Waals surface area contributed by atoms with E-state index >= 15 is 0 Å². The Morgan fingerprint density at radius 1 is 1.12 bits per heavy atom. The number of thioether (sulfide) groups is 1. The van der Waals surface area contributed by atoms with E-state index in [1.165, 1.54) is 4.90 Å². The van der Waals surface area contributed by atoms with Gasteiger partial charge in [0, 0.05) is 23.0 Å². The van der Waals surface area contributed by atoms with Crippen molar-refractivity contribution in [2.45, 2.75) is 4.90 Å². The van der Waals surface area contributed by atoms with E-state index in [0.29, 0.717) is 5.95 Å².